The molecular weight excluding hydrogens is 231 g/mol. The van der Waals surface area contributed by atoms with Crippen LogP contribution in [0, 0.1) is 5.82 Å². The van der Waals surface area contributed by atoms with Gasteiger partial charge in [0.15, 0.2) is 11.6 Å². The zero-order chi connectivity index (χ0) is 13.0. The lowest BCUT2D eigenvalue weighted by atomic mass is 10.1. The molecule has 1 aromatic heterocycles. The molecule has 0 saturated carbocycles. The van der Waals surface area contributed by atoms with Crippen LogP contribution in [-0.2, 0) is 6.54 Å². The number of nitrogens with zero attached hydrogens (tertiary/aromatic N) is 1. The van der Waals surface area contributed by atoms with Crippen LogP contribution in [0.5, 0.6) is 0 Å². The molecule has 0 radical (unpaired) electrons. The number of nitrogens with one attached hydrogen (secondary N) is 1. The molecular formula is C14H15FN2O. The maximum atomic E-state index is 13.3. The molecule has 0 amide bonds. The summed E-state index contributed by atoms with van der Waals surface area (Å²) < 4.78 is 13.3. The molecule has 0 fully saturated rings. The standard InChI is InChI=1S/C14H15FN2O/c1-10(18)12-6-4-11(5-7-12)9-17-14-13(15)3-2-8-16-14/h2-8,10,18H,9H2,1H3,(H,16,17)/t10-/m0/s1. The van der Waals surface area contributed by atoms with Crippen molar-refractivity contribution in [2.45, 2.75) is 19.6 Å². The summed E-state index contributed by atoms with van der Waals surface area (Å²) in [7, 11) is 0. The van der Waals surface area contributed by atoms with Crippen LogP contribution in [0.15, 0.2) is 42.6 Å². The Morgan fingerprint density at radius 1 is 1.28 bits per heavy atom. The number of anilines is 1. The van der Waals surface area contributed by atoms with Crippen molar-refractivity contribution in [1.82, 2.24) is 4.98 Å². The van der Waals surface area contributed by atoms with Crippen LogP contribution >= 0.6 is 0 Å². The maximum Gasteiger partial charge on any atom is 0.165 e. The topological polar surface area (TPSA) is 45.1 Å². The second-order valence-corrected chi connectivity index (χ2v) is 4.10. The number of aliphatic hydroxyl groups excluding tert-OH is 1. The molecule has 18 heavy (non-hydrogen) atoms. The van der Waals surface area contributed by atoms with E-state index in [2.05, 4.69) is 10.3 Å². The fourth-order valence-corrected chi connectivity index (χ4v) is 1.62. The smallest absolute Gasteiger partial charge is 0.165 e. The van der Waals surface area contributed by atoms with Gasteiger partial charge >= 0.3 is 0 Å². The summed E-state index contributed by atoms with van der Waals surface area (Å²) in [5.41, 5.74) is 1.87. The highest BCUT2D eigenvalue weighted by atomic mass is 19.1. The van der Waals surface area contributed by atoms with Crippen molar-refractivity contribution in [1.29, 1.82) is 0 Å². The van der Waals surface area contributed by atoms with Crippen molar-refractivity contribution in [3.05, 3.63) is 59.5 Å². The van der Waals surface area contributed by atoms with Crippen LogP contribution < -0.4 is 5.32 Å². The normalized spacial score (nSPS) is 12.2. The zero-order valence-corrected chi connectivity index (χ0v) is 10.1. The van der Waals surface area contributed by atoms with Gasteiger partial charge in [0.1, 0.15) is 0 Å². The predicted molar refractivity (Wildman–Crippen MR) is 68.6 cm³/mol. The third-order valence-corrected chi connectivity index (χ3v) is 2.68. The number of rotatable bonds is 4. The minimum Gasteiger partial charge on any atom is -0.389 e. The van der Waals surface area contributed by atoms with Gasteiger partial charge in [-0.05, 0) is 30.2 Å². The average Bonchev–Trinajstić information content (AvgIpc) is 2.38. The number of benzene rings is 1. The lowest BCUT2D eigenvalue weighted by Crippen LogP contribution is -2.03. The Morgan fingerprint density at radius 3 is 2.61 bits per heavy atom. The van der Waals surface area contributed by atoms with Gasteiger partial charge in [-0.1, -0.05) is 24.3 Å². The van der Waals surface area contributed by atoms with E-state index < -0.39 is 6.10 Å². The van der Waals surface area contributed by atoms with Gasteiger partial charge in [-0.25, -0.2) is 9.37 Å². The summed E-state index contributed by atoms with van der Waals surface area (Å²) in [5, 5.41) is 12.3. The van der Waals surface area contributed by atoms with E-state index in [1.54, 1.807) is 19.2 Å². The lowest BCUT2D eigenvalue weighted by Gasteiger charge is -2.08. The largest absolute Gasteiger partial charge is 0.389 e. The number of pyridine rings is 1. The van der Waals surface area contributed by atoms with E-state index in [0.29, 0.717) is 6.54 Å². The monoisotopic (exact) mass is 246 g/mol. The third kappa shape index (κ3) is 3.05. The Bertz CT molecular complexity index is 511. The van der Waals surface area contributed by atoms with Gasteiger partial charge in [0.25, 0.3) is 0 Å². The molecule has 4 heteroatoms. The highest BCUT2D eigenvalue weighted by Crippen LogP contribution is 2.14. The Labute approximate surface area is 105 Å². The number of aromatic nitrogens is 1. The van der Waals surface area contributed by atoms with Crippen LogP contribution in [0.2, 0.25) is 0 Å². The molecule has 0 unspecified atom stereocenters. The summed E-state index contributed by atoms with van der Waals surface area (Å²) in [4.78, 5) is 3.91. The summed E-state index contributed by atoms with van der Waals surface area (Å²) in [6.45, 7) is 2.21. The Morgan fingerprint density at radius 2 is 2.00 bits per heavy atom. The van der Waals surface area contributed by atoms with Gasteiger partial charge in [-0.3, -0.25) is 0 Å². The van der Waals surface area contributed by atoms with Crippen molar-refractivity contribution >= 4 is 5.82 Å². The van der Waals surface area contributed by atoms with Crippen LogP contribution in [-0.4, -0.2) is 10.1 Å². The van der Waals surface area contributed by atoms with Crippen LogP contribution in [0.3, 0.4) is 0 Å². The van der Waals surface area contributed by atoms with Gasteiger partial charge in [-0.2, -0.15) is 0 Å². The van der Waals surface area contributed by atoms with Gasteiger partial charge in [0.2, 0.25) is 0 Å². The molecule has 3 nitrogen and oxygen atoms in total. The molecule has 94 valence electrons. The lowest BCUT2D eigenvalue weighted by molar-refractivity contribution is 0.199. The third-order valence-electron chi connectivity index (χ3n) is 2.68. The van der Waals surface area contributed by atoms with E-state index in [0.717, 1.165) is 11.1 Å². The Balaban J connectivity index is 2.00. The molecule has 0 bridgehead atoms. The van der Waals surface area contributed by atoms with Crippen LogP contribution in [0.25, 0.3) is 0 Å². The van der Waals surface area contributed by atoms with E-state index >= 15 is 0 Å². The highest BCUT2D eigenvalue weighted by molar-refractivity contribution is 5.37. The molecule has 2 N–H and O–H groups in total. The van der Waals surface area contributed by atoms with Crippen molar-refractivity contribution in [3.63, 3.8) is 0 Å². The Hall–Kier alpha value is -1.94. The van der Waals surface area contributed by atoms with E-state index in [-0.39, 0.29) is 11.6 Å². The fraction of sp³-hybridized carbons (Fsp3) is 0.214. The molecule has 1 atom stereocenters. The second-order valence-electron chi connectivity index (χ2n) is 4.10. The highest BCUT2D eigenvalue weighted by Gasteiger charge is 2.03. The maximum absolute atomic E-state index is 13.3. The minimum atomic E-state index is -0.472. The van der Waals surface area contributed by atoms with E-state index in [9.17, 15) is 9.50 Å². The van der Waals surface area contributed by atoms with Crippen molar-refractivity contribution in [3.8, 4) is 0 Å². The summed E-state index contributed by atoms with van der Waals surface area (Å²) in [5.74, 6) is -0.116. The van der Waals surface area contributed by atoms with Crippen LogP contribution in [0.1, 0.15) is 24.2 Å². The van der Waals surface area contributed by atoms with Crippen molar-refractivity contribution in [2.75, 3.05) is 5.32 Å². The van der Waals surface area contributed by atoms with E-state index in [1.807, 2.05) is 24.3 Å². The first-order chi connectivity index (χ1) is 8.66. The second kappa shape index (κ2) is 5.60. The summed E-state index contributed by atoms with van der Waals surface area (Å²) >= 11 is 0. The SMILES string of the molecule is C[C@H](O)c1ccc(CNc2ncccc2F)cc1. The first-order valence-corrected chi connectivity index (χ1v) is 5.78. The predicted octanol–water partition coefficient (Wildman–Crippen LogP) is 2.89. The molecule has 2 rings (SSSR count). The quantitative estimate of drug-likeness (QED) is 0.872. The number of halogens is 1. The van der Waals surface area contributed by atoms with Crippen molar-refractivity contribution < 1.29 is 9.50 Å². The minimum absolute atomic E-state index is 0.247. The number of hydrogen-bond donors (Lipinski definition) is 2. The van der Waals surface area contributed by atoms with E-state index in [4.69, 9.17) is 0 Å². The zero-order valence-electron chi connectivity index (χ0n) is 10.1. The first kappa shape index (κ1) is 12.5. The molecule has 0 aliphatic heterocycles. The molecule has 2 aromatic rings. The van der Waals surface area contributed by atoms with Gasteiger partial charge in [-0.15, -0.1) is 0 Å². The average molecular weight is 246 g/mol. The number of hydrogen-bond acceptors (Lipinski definition) is 3. The molecule has 0 aliphatic carbocycles. The van der Waals surface area contributed by atoms with Crippen LogP contribution in [0.4, 0.5) is 10.2 Å². The summed E-state index contributed by atoms with van der Waals surface area (Å²) in [6, 6.07) is 10.4. The molecule has 1 aromatic carbocycles. The van der Waals surface area contributed by atoms with Gasteiger partial charge in [0.05, 0.1) is 6.10 Å². The summed E-state index contributed by atoms with van der Waals surface area (Å²) in [6.07, 6.45) is 1.07. The Kier molecular flexibility index (Phi) is 3.89. The molecule has 0 saturated heterocycles. The molecule has 1 heterocycles. The number of aliphatic hydroxyl groups is 1. The van der Waals surface area contributed by atoms with E-state index in [1.165, 1.54) is 6.07 Å². The first-order valence-electron chi connectivity index (χ1n) is 5.78. The molecule has 0 spiro atoms. The van der Waals surface area contributed by atoms with Gasteiger partial charge in [0, 0.05) is 12.7 Å². The van der Waals surface area contributed by atoms with Crippen molar-refractivity contribution in [2.24, 2.45) is 0 Å². The fourth-order valence-electron chi connectivity index (χ4n) is 1.62. The van der Waals surface area contributed by atoms with Gasteiger partial charge < -0.3 is 10.4 Å². The molecule has 0 aliphatic rings.